The van der Waals surface area contributed by atoms with E-state index in [1.54, 1.807) is 66.0 Å². The number of nitrogens with zero attached hydrogens (tertiary/aromatic N) is 5. The lowest BCUT2D eigenvalue weighted by molar-refractivity contribution is -0.118. The number of hydrogen-bond donors (Lipinski definition) is 2. The Morgan fingerprint density at radius 2 is 1.62 bits per heavy atom. The van der Waals surface area contributed by atoms with Gasteiger partial charge >= 0.3 is 0 Å². The van der Waals surface area contributed by atoms with Crippen LogP contribution in [0.3, 0.4) is 0 Å². The Bertz CT molecular complexity index is 1670. The van der Waals surface area contributed by atoms with Crippen LogP contribution in [0, 0.1) is 6.92 Å². The molecule has 2 aliphatic heterocycles. The van der Waals surface area contributed by atoms with Crippen molar-refractivity contribution in [1.29, 1.82) is 0 Å². The summed E-state index contributed by atoms with van der Waals surface area (Å²) in [5, 5.41) is 5.72. The first kappa shape index (κ1) is 34.3. The van der Waals surface area contributed by atoms with Crippen molar-refractivity contribution in [2.45, 2.75) is 57.9 Å². The van der Waals surface area contributed by atoms with Crippen molar-refractivity contribution in [2.24, 2.45) is 19.1 Å². The standard InChI is InChI=1S/C35H45N7O6/c1-24-16-31(47-4)32(19-28(24)36-20-27-10-8-14-42(27)23-43)48-15-9-11-33(44)37-25-17-29(39(2)21-25)34(45)38-26-18-30(40(3)22-26)35(46)41-12-6-5-7-13-41/h16-23,27H,5-15H2,1-4H3,(H,37,44)(H,38,45). The Labute approximate surface area is 280 Å². The SMILES string of the molecule is COc1cc(C)c(N=CC2CCCN2C=O)cc1OCCCC(=O)Nc1cc(C(=O)Nc2cc(C(=O)N3CCCCC3)n(C)c2)n(C)c1. The quantitative estimate of drug-likeness (QED) is 0.155. The molecule has 0 radical (unpaired) electrons. The number of carbonyl (C=O) groups excluding carboxylic acids is 4. The molecule has 2 fully saturated rings. The van der Waals surface area contributed by atoms with Crippen molar-refractivity contribution in [3.05, 3.63) is 53.6 Å². The van der Waals surface area contributed by atoms with Gasteiger partial charge in [0.05, 0.1) is 36.8 Å². The monoisotopic (exact) mass is 659 g/mol. The largest absolute Gasteiger partial charge is 0.493 e. The maximum atomic E-state index is 13.1. The molecule has 4 heterocycles. The van der Waals surface area contributed by atoms with E-state index in [0.717, 1.165) is 69.4 Å². The minimum absolute atomic E-state index is 0.0137. The highest BCUT2D eigenvalue weighted by molar-refractivity contribution is 6.05. The third-order valence-corrected chi connectivity index (χ3v) is 8.80. The van der Waals surface area contributed by atoms with Crippen molar-refractivity contribution in [3.8, 4) is 11.5 Å². The fraction of sp³-hybridized carbons (Fsp3) is 0.457. The molecule has 3 aromatic rings. The number of aromatic nitrogens is 2. The lowest BCUT2D eigenvalue weighted by Crippen LogP contribution is -2.36. The topological polar surface area (TPSA) is 140 Å². The summed E-state index contributed by atoms with van der Waals surface area (Å²) in [6, 6.07) is 6.97. The number of nitrogens with one attached hydrogen (secondary N) is 2. The number of aliphatic imine (C=N–C) groups is 1. The van der Waals surface area contributed by atoms with Crippen LogP contribution in [0.2, 0.25) is 0 Å². The second-order valence-electron chi connectivity index (χ2n) is 12.4. The van der Waals surface area contributed by atoms with E-state index in [-0.39, 0.29) is 36.8 Å². The highest BCUT2D eigenvalue weighted by Crippen LogP contribution is 2.35. The molecule has 256 valence electrons. The van der Waals surface area contributed by atoms with Crippen LogP contribution in [0.15, 0.2) is 41.7 Å². The number of anilines is 2. The van der Waals surface area contributed by atoms with E-state index >= 15 is 0 Å². The number of carbonyl (C=O) groups is 4. The van der Waals surface area contributed by atoms with Crippen molar-refractivity contribution in [3.63, 3.8) is 0 Å². The normalized spacial score (nSPS) is 16.3. The molecule has 2 aliphatic rings. The molecule has 0 spiro atoms. The third kappa shape index (κ3) is 8.25. The molecule has 48 heavy (non-hydrogen) atoms. The van der Waals surface area contributed by atoms with Crippen LogP contribution in [-0.2, 0) is 23.7 Å². The second kappa shape index (κ2) is 15.7. The van der Waals surface area contributed by atoms with Crippen LogP contribution in [-0.4, -0.2) is 88.7 Å². The van der Waals surface area contributed by atoms with Gasteiger partial charge in [0.1, 0.15) is 11.4 Å². The summed E-state index contributed by atoms with van der Waals surface area (Å²) in [7, 11) is 5.09. The molecule has 2 saturated heterocycles. The van der Waals surface area contributed by atoms with Crippen LogP contribution >= 0.6 is 0 Å². The minimum atomic E-state index is -0.353. The van der Waals surface area contributed by atoms with Crippen LogP contribution in [0.25, 0.3) is 0 Å². The fourth-order valence-corrected chi connectivity index (χ4v) is 6.13. The Kier molecular flexibility index (Phi) is 11.2. The lowest BCUT2D eigenvalue weighted by atomic mass is 10.1. The van der Waals surface area contributed by atoms with E-state index < -0.39 is 0 Å². The number of likely N-dealkylation sites (tertiary alicyclic amines) is 2. The Morgan fingerprint density at radius 3 is 2.35 bits per heavy atom. The van der Waals surface area contributed by atoms with E-state index in [4.69, 9.17) is 9.47 Å². The summed E-state index contributed by atoms with van der Waals surface area (Å²) in [6.07, 6.45) is 11.7. The average Bonchev–Trinajstić information content (AvgIpc) is 3.80. The van der Waals surface area contributed by atoms with E-state index in [1.165, 1.54) is 0 Å². The zero-order valence-electron chi connectivity index (χ0n) is 28.2. The van der Waals surface area contributed by atoms with Crippen molar-refractivity contribution in [1.82, 2.24) is 18.9 Å². The summed E-state index contributed by atoms with van der Waals surface area (Å²) >= 11 is 0. The Hall–Kier alpha value is -5.07. The lowest BCUT2D eigenvalue weighted by Gasteiger charge is -2.26. The van der Waals surface area contributed by atoms with E-state index in [2.05, 4.69) is 15.6 Å². The summed E-state index contributed by atoms with van der Waals surface area (Å²) in [6.45, 7) is 4.45. The molecular weight excluding hydrogens is 614 g/mol. The predicted octanol–water partition coefficient (Wildman–Crippen LogP) is 4.68. The maximum Gasteiger partial charge on any atom is 0.272 e. The summed E-state index contributed by atoms with van der Waals surface area (Å²) in [5.41, 5.74) is 3.55. The van der Waals surface area contributed by atoms with Crippen molar-refractivity contribution in [2.75, 3.05) is 44.0 Å². The number of amides is 4. The number of benzene rings is 1. The van der Waals surface area contributed by atoms with Crippen molar-refractivity contribution >= 4 is 47.4 Å². The zero-order valence-corrected chi connectivity index (χ0v) is 28.2. The van der Waals surface area contributed by atoms with Crippen LogP contribution in [0.4, 0.5) is 17.1 Å². The van der Waals surface area contributed by atoms with Gasteiger partial charge in [-0.05, 0) is 69.2 Å². The van der Waals surface area contributed by atoms with Crippen LogP contribution in [0.5, 0.6) is 11.5 Å². The van der Waals surface area contributed by atoms with Gasteiger partial charge in [-0.25, -0.2) is 0 Å². The van der Waals surface area contributed by atoms with Gasteiger partial charge in [0.2, 0.25) is 12.3 Å². The number of aryl methyl sites for hydroxylation is 3. The number of piperidine rings is 1. The Balaban J connectivity index is 1.11. The van der Waals surface area contributed by atoms with E-state index in [9.17, 15) is 19.2 Å². The molecule has 13 nitrogen and oxygen atoms in total. The Morgan fingerprint density at radius 1 is 0.917 bits per heavy atom. The van der Waals surface area contributed by atoms with Gasteiger partial charge in [0.15, 0.2) is 11.5 Å². The molecule has 0 saturated carbocycles. The molecule has 13 heteroatoms. The van der Waals surface area contributed by atoms with Gasteiger partial charge in [-0.3, -0.25) is 24.2 Å². The van der Waals surface area contributed by atoms with Gasteiger partial charge in [0, 0.05) is 64.8 Å². The molecule has 2 aromatic heterocycles. The molecular formula is C35H45N7O6. The second-order valence-corrected chi connectivity index (χ2v) is 12.4. The maximum absolute atomic E-state index is 13.1. The van der Waals surface area contributed by atoms with E-state index in [0.29, 0.717) is 40.7 Å². The van der Waals surface area contributed by atoms with Crippen molar-refractivity contribution < 1.29 is 28.7 Å². The molecule has 2 N–H and O–H groups in total. The first-order valence-electron chi connectivity index (χ1n) is 16.5. The van der Waals surface area contributed by atoms with Gasteiger partial charge in [-0.2, -0.15) is 0 Å². The van der Waals surface area contributed by atoms with Gasteiger partial charge in [-0.15, -0.1) is 0 Å². The average molecular weight is 660 g/mol. The van der Waals surface area contributed by atoms with Gasteiger partial charge < -0.3 is 39.0 Å². The summed E-state index contributed by atoms with van der Waals surface area (Å²) in [5.74, 6) is 0.495. The van der Waals surface area contributed by atoms with Gasteiger partial charge in [-0.1, -0.05) is 0 Å². The molecule has 5 rings (SSSR count). The number of rotatable bonds is 13. The predicted molar refractivity (Wildman–Crippen MR) is 184 cm³/mol. The fourth-order valence-electron chi connectivity index (χ4n) is 6.13. The highest BCUT2D eigenvalue weighted by Gasteiger charge is 2.23. The number of hydrogen-bond acceptors (Lipinski definition) is 7. The zero-order chi connectivity index (χ0) is 34.2. The molecule has 0 aliphatic carbocycles. The molecule has 0 bridgehead atoms. The first-order valence-corrected chi connectivity index (χ1v) is 16.5. The van der Waals surface area contributed by atoms with Crippen LogP contribution < -0.4 is 20.1 Å². The number of ether oxygens (including phenoxy) is 2. The molecule has 4 amide bonds. The van der Waals surface area contributed by atoms with Crippen LogP contribution in [0.1, 0.15) is 71.5 Å². The molecule has 1 aromatic carbocycles. The number of methoxy groups -OCH3 is 1. The molecule has 1 unspecified atom stereocenters. The van der Waals surface area contributed by atoms with Gasteiger partial charge in [0.25, 0.3) is 11.8 Å². The molecule has 1 atom stereocenters. The smallest absolute Gasteiger partial charge is 0.272 e. The highest BCUT2D eigenvalue weighted by atomic mass is 16.5. The first-order chi connectivity index (χ1) is 23.2. The third-order valence-electron chi connectivity index (χ3n) is 8.80. The van der Waals surface area contributed by atoms with E-state index in [1.807, 2.05) is 24.0 Å². The summed E-state index contributed by atoms with van der Waals surface area (Å²) in [4.78, 5) is 58.3. The summed E-state index contributed by atoms with van der Waals surface area (Å²) < 4.78 is 14.9. The minimum Gasteiger partial charge on any atom is -0.493 e.